The molecule has 9 heteroatoms. The second-order valence-corrected chi connectivity index (χ2v) is 11.8. The van der Waals surface area contributed by atoms with Crippen molar-refractivity contribution in [2.75, 3.05) is 25.4 Å². The summed E-state index contributed by atoms with van der Waals surface area (Å²) in [5, 5.41) is 10.7. The van der Waals surface area contributed by atoms with Crippen molar-refractivity contribution in [3.05, 3.63) is 59.7 Å². The summed E-state index contributed by atoms with van der Waals surface area (Å²) < 4.78 is 2.22. The van der Waals surface area contributed by atoms with Gasteiger partial charge in [0.2, 0.25) is 17.0 Å². The average Bonchev–Trinajstić information content (AvgIpc) is 3.26. The van der Waals surface area contributed by atoms with Crippen molar-refractivity contribution in [1.82, 2.24) is 29.5 Å². The maximum Gasteiger partial charge on any atom is 0.222 e. The van der Waals surface area contributed by atoms with Gasteiger partial charge < -0.3 is 14.4 Å². The summed E-state index contributed by atoms with van der Waals surface area (Å²) in [6.07, 6.45) is 3.75. The highest BCUT2D eigenvalue weighted by Crippen LogP contribution is 2.29. The minimum absolute atomic E-state index is 0.0639. The van der Waals surface area contributed by atoms with Crippen LogP contribution in [-0.2, 0) is 16.1 Å². The summed E-state index contributed by atoms with van der Waals surface area (Å²) in [5.41, 5.74) is 5.12. The van der Waals surface area contributed by atoms with E-state index in [-0.39, 0.29) is 17.9 Å². The standard InChI is InChI=1S/C31H38N6O2S/c1-4-5-12-28(39)36-17-16-35(20-23(36)3)27(38)13-9-18-40-31-32-30-29(33-34-31)25-19-22(2)14-15-26(25)37(30)21-24-10-7-6-8-11-24/h6-8,10-11,14-15,19,23H,4-5,9,12-13,16-18,20-21H2,1-3H3. The number of amides is 2. The van der Waals surface area contributed by atoms with E-state index in [4.69, 9.17) is 4.98 Å². The largest absolute Gasteiger partial charge is 0.339 e. The van der Waals surface area contributed by atoms with E-state index in [9.17, 15) is 9.59 Å². The van der Waals surface area contributed by atoms with Gasteiger partial charge in [-0.2, -0.15) is 0 Å². The summed E-state index contributed by atoms with van der Waals surface area (Å²) >= 11 is 1.54. The molecule has 5 rings (SSSR count). The number of carbonyl (C=O) groups is 2. The fourth-order valence-electron chi connectivity index (χ4n) is 5.41. The molecule has 1 aliphatic rings. The molecular weight excluding hydrogens is 520 g/mol. The third-order valence-corrected chi connectivity index (χ3v) is 8.52. The van der Waals surface area contributed by atoms with Gasteiger partial charge in [-0.3, -0.25) is 9.59 Å². The Labute approximate surface area is 240 Å². The molecule has 4 aromatic rings. The number of aryl methyl sites for hydroxylation is 1. The number of hydrogen-bond acceptors (Lipinski definition) is 6. The Morgan fingerprint density at radius 1 is 1.00 bits per heavy atom. The number of unbranched alkanes of at least 4 members (excludes halogenated alkanes) is 1. The van der Waals surface area contributed by atoms with Crippen LogP contribution in [0, 0.1) is 6.92 Å². The molecule has 1 aliphatic heterocycles. The highest BCUT2D eigenvalue weighted by Gasteiger charge is 2.29. The minimum atomic E-state index is 0.0639. The zero-order valence-corrected chi connectivity index (χ0v) is 24.5. The van der Waals surface area contributed by atoms with Crippen LogP contribution in [0.4, 0.5) is 0 Å². The highest BCUT2D eigenvalue weighted by molar-refractivity contribution is 7.99. The van der Waals surface area contributed by atoms with E-state index in [1.165, 1.54) is 11.1 Å². The van der Waals surface area contributed by atoms with Gasteiger partial charge in [-0.25, -0.2) is 4.98 Å². The monoisotopic (exact) mass is 558 g/mol. The second kappa shape index (κ2) is 12.8. The first kappa shape index (κ1) is 28.1. The van der Waals surface area contributed by atoms with Gasteiger partial charge >= 0.3 is 0 Å². The van der Waals surface area contributed by atoms with Gasteiger partial charge in [0.05, 0.1) is 5.52 Å². The second-order valence-electron chi connectivity index (χ2n) is 10.7. The first-order valence-electron chi connectivity index (χ1n) is 14.3. The number of fused-ring (bicyclic) bond motifs is 3. The lowest BCUT2D eigenvalue weighted by Crippen LogP contribution is -2.55. The molecule has 2 aromatic carbocycles. The van der Waals surface area contributed by atoms with Crippen molar-refractivity contribution in [3.63, 3.8) is 0 Å². The Balaban J connectivity index is 1.20. The number of aromatic nitrogens is 4. The molecule has 1 atom stereocenters. The van der Waals surface area contributed by atoms with Crippen molar-refractivity contribution in [3.8, 4) is 0 Å². The van der Waals surface area contributed by atoms with Crippen LogP contribution in [0.25, 0.3) is 22.1 Å². The summed E-state index contributed by atoms with van der Waals surface area (Å²) in [5.74, 6) is 1.10. The van der Waals surface area contributed by atoms with Gasteiger partial charge in [-0.05, 0) is 44.4 Å². The summed E-state index contributed by atoms with van der Waals surface area (Å²) in [6, 6.07) is 16.8. The normalized spacial score (nSPS) is 15.7. The minimum Gasteiger partial charge on any atom is -0.339 e. The third-order valence-electron chi connectivity index (χ3n) is 7.60. The van der Waals surface area contributed by atoms with E-state index in [1.807, 2.05) is 22.8 Å². The Morgan fingerprint density at radius 3 is 2.58 bits per heavy atom. The number of thioether (sulfide) groups is 1. The third kappa shape index (κ3) is 6.30. The van der Waals surface area contributed by atoms with Crippen molar-refractivity contribution >= 4 is 45.6 Å². The molecule has 210 valence electrons. The van der Waals surface area contributed by atoms with Gasteiger partial charge in [0.15, 0.2) is 5.65 Å². The smallest absolute Gasteiger partial charge is 0.222 e. The van der Waals surface area contributed by atoms with Crippen LogP contribution in [0.5, 0.6) is 0 Å². The van der Waals surface area contributed by atoms with Gasteiger partial charge in [0.1, 0.15) is 5.52 Å². The molecule has 1 saturated heterocycles. The van der Waals surface area contributed by atoms with E-state index >= 15 is 0 Å². The molecular formula is C31H38N6O2S. The molecule has 2 amide bonds. The quantitative estimate of drug-likeness (QED) is 0.190. The van der Waals surface area contributed by atoms with Gasteiger partial charge in [-0.15, -0.1) is 10.2 Å². The number of carbonyl (C=O) groups excluding carboxylic acids is 2. The molecule has 40 heavy (non-hydrogen) atoms. The van der Waals surface area contributed by atoms with Crippen LogP contribution in [0.1, 0.15) is 57.1 Å². The van der Waals surface area contributed by atoms with Crippen LogP contribution in [-0.4, -0.2) is 72.8 Å². The molecule has 1 fully saturated rings. The summed E-state index contributed by atoms with van der Waals surface area (Å²) in [6.45, 7) is 8.77. The van der Waals surface area contributed by atoms with Crippen molar-refractivity contribution < 1.29 is 9.59 Å². The number of piperazine rings is 1. The van der Waals surface area contributed by atoms with Crippen LogP contribution >= 0.6 is 11.8 Å². The van der Waals surface area contributed by atoms with Crippen molar-refractivity contribution in [2.45, 2.75) is 70.6 Å². The Morgan fingerprint density at radius 2 is 1.80 bits per heavy atom. The predicted molar refractivity (Wildman–Crippen MR) is 160 cm³/mol. The first-order chi connectivity index (χ1) is 19.4. The molecule has 0 aliphatic carbocycles. The van der Waals surface area contributed by atoms with Crippen molar-refractivity contribution in [2.24, 2.45) is 0 Å². The number of hydrogen-bond donors (Lipinski definition) is 0. The maximum absolute atomic E-state index is 12.9. The Kier molecular flexibility index (Phi) is 8.99. The molecule has 8 nitrogen and oxygen atoms in total. The van der Waals surface area contributed by atoms with Crippen LogP contribution in [0.3, 0.4) is 0 Å². The Hall–Kier alpha value is -3.46. The molecule has 1 unspecified atom stereocenters. The van der Waals surface area contributed by atoms with Gasteiger partial charge in [-0.1, -0.05) is 67.1 Å². The SMILES string of the molecule is CCCCC(=O)N1CCN(C(=O)CCCSc2nnc3c4cc(C)ccc4n(Cc4ccccc4)c3n2)CC1C. The maximum atomic E-state index is 12.9. The summed E-state index contributed by atoms with van der Waals surface area (Å²) in [4.78, 5) is 34.1. The molecule has 0 bridgehead atoms. The molecule has 0 saturated carbocycles. The van der Waals surface area contributed by atoms with Crippen LogP contribution < -0.4 is 0 Å². The van der Waals surface area contributed by atoms with Crippen LogP contribution in [0.2, 0.25) is 0 Å². The molecule has 0 spiro atoms. The topological polar surface area (TPSA) is 84.2 Å². The van der Waals surface area contributed by atoms with E-state index < -0.39 is 0 Å². The fourth-order valence-corrected chi connectivity index (χ4v) is 6.13. The summed E-state index contributed by atoms with van der Waals surface area (Å²) in [7, 11) is 0. The predicted octanol–water partition coefficient (Wildman–Crippen LogP) is 5.46. The van der Waals surface area contributed by atoms with Gasteiger partial charge in [0.25, 0.3) is 0 Å². The lowest BCUT2D eigenvalue weighted by Gasteiger charge is -2.40. The first-order valence-corrected chi connectivity index (χ1v) is 15.3. The average molecular weight is 559 g/mol. The van der Waals surface area contributed by atoms with Crippen molar-refractivity contribution in [1.29, 1.82) is 0 Å². The van der Waals surface area contributed by atoms with E-state index in [1.54, 1.807) is 11.8 Å². The molecule has 2 aromatic heterocycles. The van der Waals surface area contributed by atoms with E-state index in [0.29, 0.717) is 44.2 Å². The molecule has 0 N–H and O–H groups in total. The highest BCUT2D eigenvalue weighted by atomic mass is 32.2. The molecule has 3 heterocycles. The zero-order valence-electron chi connectivity index (χ0n) is 23.7. The zero-order chi connectivity index (χ0) is 28.1. The lowest BCUT2D eigenvalue weighted by atomic mass is 10.1. The molecule has 0 radical (unpaired) electrons. The number of benzene rings is 2. The Bertz CT molecular complexity index is 1490. The number of rotatable bonds is 10. The van der Waals surface area contributed by atoms with E-state index in [0.717, 1.165) is 47.1 Å². The van der Waals surface area contributed by atoms with E-state index in [2.05, 4.69) is 71.1 Å². The fraction of sp³-hybridized carbons (Fsp3) is 0.452. The van der Waals surface area contributed by atoms with Crippen LogP contribution in [0.15, 0.2) is 53.7 Å². The van der Waals surface area contributed by atoms with Gasteiger partial charge in [0, 0.05) is 56.2 Å². The number of nitrogens with zero attached hydrogens (tertiary/aromatic N) is 6. The lowest BCUT2D eigenvalue weighted by molar-refractivity contribution is -0.142.